The predicted molar refractivity (Wildman–Crippen MR) is 71.8 cm³/mol. The van der Waals surface area contributed by atoms with Gasteiger partial charge in [-0.25, -0.2) is 9.59 Å². The number of rotatable bonds is 5. The molecular formula is C12H8N6O4. The minimum atomic E-state index is -1.37. The van der Waals surface area contributed by atoms with Crippen LogP contribution in [0.1, 0.15) is 26.5 Å². The van der Waals surface area contributed by atoms with E-state index in [9.17, 15) is 9.59 Å². The molecule has 0 saturated carbocycles. The molecule has 2 aromatic rings. The van der Waals surface area contributed by atoms with Gasteiger partial charge >= 0.3 is 11.9 Å². The van der Waals surface area contributed by atoms with E-state index in [0.29, 0.717) is 5.69 Å². The number of carboxylic acid groups (broad SMARTS) is 2. The van der Waals surface area contributed by atoms with Crippen molar-refractivity contribution in [3.63, 3.8) is 0 Å². The van der Waals surface area contributed by atoms with Crippen LogP contribution in [0.15, 0.2) is 24.4 Å². The van der Waals surface area contributed by atoms with Crippen molar-refractivity contribution in [1.29, 1.82) is 5.26 Å². The number of H-pyrrole nitrogens is 1. The number of nitriles is 1. The highest BCUT2D eigenvalue weighted by Gasteiger charge is 2.16. The molecule has 0 radical (unpaired) electrons. The molecule has 4 N–H and O–H groups in total. The van der Waals surface area contributed by atoms with Crippen molar-refractivity contribution < 1.29 is 19.8 Å². The highest BCUT2D eigenvalue weighted by molar-refractivity contribution is 6.02. The van der Waals surface area contributed by atoms with Gasteiger partial charge in [0.2, 0.25) is 5.82 Å². The molecular weight excluding hydrogens is 292 g/mol. The van der Waals surface area contributed by atoms with E-state index in [-0.39, 0.29) is 22.5 Å². The third kappa shape index (κ3) is 3.05. The summed E-state index contributed by atoms with van der Waals surface area (Å²) < 4.78 is 0. The molecule has 1 aromatic heterocycles. The fourth-order valence-electron chi connectivity index (χ4n) is 1.58. The van der Waals surface area contributed by atoms with Gasteiger partial charge in [0.05, 0.1) is 11.1 Å². The normalized spacial score (nSPS) is 10.8. The zero-order valence-electron chi connectivity index (χ0n) is 10.8. The Balaban J connectivity index is 2.31. The van der Waals surface area contributed by atoms with Crippen LogP contribution in [0.5, 0.6) is 0 Å². The second kappa shape index (κ2) is 6.14. The second-order valence-corrected chi connectivity index (χ2v) is 3.92. The number of tetrazole rings is 1. The number of hydrogen-bond donors (Lipinski definition) is 4. The summed E-state index contributed by atoms with van der Waals surface area (Å²) in [5.74, 6) is -2.65. The molecule has 0 unspecified atom stereocenters. The molecule has 1 aromatic carbocycles. The maximum absolute atomic E-state index is 11.1. The van der Waals surface area contributed by atoms with Gasteiger partial charge in [-0.3, -0.25) is 0 Å². The number of benzene rings is 1. The molecule has 110 valence electrons. The maximum atomic E-state index is 11.1. The van der Waals surface area contributed by atoms with Crippen LogP contribution in [-0.4, -0.2) is 42.8 Å². The van der Waals surface area contributed by atoms with Crippen LogP contribution in [0.25, 0.3) is 5.57 Å². The Labute approximate surface area is 122 Å². The summed E-state index contributed by atoms with van der Waals surface area (Å²) in [4.78, 5) is 22.0. The zero-order chi connectivity index (χ0) is 16.1. The number of hydrogen-bond acceptors (Lipinski definition) is 7. The third-order valence-corrected chi connectivity index (χ3v) is 2.57. The lowest BCUT2D eigenvalue weighted by Gasteiger charge is -2.06. The van der Waals surface area contributed by atoms with Gasteiger partial charge in [-0.2, -0.15) is 10.5 Å². The Morgan fingerprint density at radius 1 is 1.27 bits per heavy atom. The number of allylic oxidation sites excluding steroid dienone is 1. The Hall–Kier alpha value is -3.74. The molecule has 0 bridgehead atoms. The van der Waals surface area contributed by atoms with Gasteiger partial charge in [-0.1, -0.05) is 0 Å². The summed E-state index contributed by atoms with van der Waals surface area (Å²) in [6.07, 6.45) is 1.26. The molecule has 1 heterocycles. The van der Waals surface area contributed by atoms with Crippen molar-refractivity contribution in [3.05, 3.63) is 41.4 Å². The number of carbonyl (C=O) groups is 2. The molecule has 0 amide bonds. The van der Waals surface area contributed by atoms with Gasteiger partial charge in [0, 0.05) is 11.9 Å². The van der Waals surface area contributed by atoms with Gasteiger partial charge in [0.15, 0.2) is 0 Å². The van der Waals surface area contributed by atoms with Crippen molar-refractivity contribution in [2.75, 3.05) is 5.32 Å². The average Bonchev–Trinajstić information content (AvgIpc) is 3.01. The first-order valence-electron chi connectivity index (χ1n) is 5.74. The largest absolute Gasteiger partial charge is 0.478 e. The molecule has 22 heavy (non-hydrogen) atoms. The number of aromatic nitrogens is 4. The average molecular weight is 300 g/mol. The molecule has 0 fully saturated rings. The third-order valence-electron chi connectivity index (χ3n) is 2.57. The number of nitrogens with one attached hydrogen (secondary N) is 2. The molecule has 0 spiro atoms. The number of nitrogens with zero attached hydrogens (tertiary/aromatic N) is 4. The van der Waals surface area contributed by atoms with Crippen molar-refractivity contribution in [2.24, 2.45) is 0 Å². The van der Waals surface area contributed by atoms with E-state index in [0.717, 1.165) is 12.1 Å². The summed E-state index contributed by atoms with van der Waals surface area (Å²) in [6, 6.07) is 5.52. The quantitative estimate of drug-likeness (QED) is 0.577. The minimum absolute atomic E-state index is 0.0629. The van der Waals surface area contributed by atoms with Crippen molar-refractivity contribution in [3.8, 4) is 6.07 Å². The molecule has 0 saturated heterocycles. The summed E-state index contributed by atoms with van der Waals surface area (Å²) in [7, 11) is 0. The van der Waals surface area contributed by atoms with Crippen LogP contribution in [-0.2, 0) is 0 Å². The topological polar surface area (TPSA) is 165 Å². The van der Waals surface area contributed by atoms with Crippen molar-refractivity contribution >= 4 is 23.2 Å². The van der Waals surface area contributed by atoms with Gasteiger partial charge in [0.1, 0.15) is 11.6 Å². The molecule has 0 aliphatic rings. The summed E-state index contributed by atoms with van der Waals surface area (Å²) >= 11 is 0. The minimum Gasteiger partial charge on any atom is -0.478 e. The molecule has 0 atom stereocenters. The van der Waals surface area contributed by atoms with Crippen LogP contribution in [0.2, 0.25) is 0 Å². The van der Waals surface area contributed by atoms with E-state index in [2.05, 4.69) is 25.9 Å². The summed E-state index contributed by atoms with van der Waals surface area (Å²) in [6.45, 7) is 0. The van der Waals surface area contributed by atoms with Gasteiger partial charge < -0.3 is 15.5 Å². The van der Waals surface area contributed by atoms with E-state index < -0.39 is 11.9 Å². The lowest BCUT2D eigenvalue weighted by molar-refractivity contribution is 0.0651. The van der Waals surface area contributed by atoms with E-state index >= 15 is 0 Å². The molecule has 10 heteroatoms. The highest BCUT2D eigenvalue weighted by Crippen LogP contribution is 2.17. The van der Waals surface area contributed by atoms with Gasteiger partial charge in [-0.15, -0.1) is 10.2 Å². The van der Waals surface area contributed by atoms with E-state index in [1.165, 1.54) is 12.3 Å². The molecule has 0 aliphatic heterocycles. The highest BCUT2D eigenvalue weighted by atomic mass is 16.4. The monoisotopic (exact) mass is 300 g/mol. The first kappa shape index (κ1) is 14.7. The van der Waals surface area contributed by atoms with Crippen LogP contribution in [0, 0.1) is 11.3 Å². The van der Waals surface area contributed by atoms with Crippen LogP contribution >= 0.6 is 0 Å². The van der Waals surface area contributed by atoms with E-state index in [1.807, 2.05) is 6.07 Å². The maximum Gasteiger partial charge on any atom is 0.336 e. The lowest BCUT2D eigenvalue weighted by Crippen LogP contribution is -2.08. The number of aromatic amines is 1. The smallest absolute Gasteiger partial charge is 0.336 e. The Morgan fingerprint density at radius 3 is 2.55 bits per heavy atom. The van der Waals surface area contributed by atoms with Gasteiger partial charge in [-0.05, 0) is 23.4 Å². The van der Waals surface area contributed by atoms with E-state index in [4.69, 9.17) is 15.5 Å². The number of carboxylic acids is 2. The fraction of sp³-hybridized carbons (Fsp3) is 0. The summed E-state index contributed by atoms with van der Waals surface area (Å²) in [5.41, 5.74) is -0.351. The number of anilines is 1. The molecule has 0 aliphatic carbocycles. The first-order chi connectivity index (χ1) is 10.5. The predicted octanol–water partition coefficient (Wildman–Crippen LogP) is 0.573. The lowest BCUT2D eigenvalue weighted by atomic mass is 10.1. The SMILES string of the molecule is N#CC(=CNc1ccc(C(=O)O)c(C(=O)O)c1)c1nn[nH]n1. The van der Waals surface area contributed by atoms with Gasteiger partial charge in [0.25, 0.3) is 0 Å². The van der Waals surface area contributed by atoms with Crippen molar-refractivity contribution in [2.45, 2.75) is 0 Å². The Bertz CT molecular complexity index is 790. The van der Waals surface area contributed by atoms with Crippen LogP contribution in [0.4, 0.5) is 5.69 Å². The molecule has 2 rings (SSSR count). The van der Waals surface area contributed by atoms with Crippen LogP contribution < -0.4 is 5.32 Å². The summed E-state index contributed by atoms with van der Waals surface area (Å²) in [5, 5.41) is 42.4. The Kier molecular flexibility index (Phi) is 4.09. The first-order valence-corrected chi connectivity index (χ1v) is 5.74. The molecule has 10 nitrogen and oxygen atoms in total. The fourth-order valence-corrected chi connectivity index (χ4v) is 1.58. The van der Waals surface area contributed by atoms with E-state index in [1.54, 1.807) is 0 Å². The Morgan fingerprint density at radius 2 is 2.00 bits per heavy atom. The zero-order valence-corrected chi connectivity index (χ0v) is 10.8. The van der Waals surface area contributed by atoms with Crippen LogP contribution in [0.3, 0.4) is 0 Å². The second-order valence-electron chi connectivity index (χ2n) is 3.92. The standard InChI is InChI=1S/C12H8N6O4/c13-4-6(10-15-17-18-16-10)5-14-7-1-2-8(11(19)20)9(3-7)12(21)22/h1-3,5,14H,(H,19,20)(H,21,22)(H,15,16,17,18). The number of aromatic carboxylic acids is 2. The van der Waals surface area contributed by atoms with Crippen molar-refractivity contribution in [1.82, 2.24) is 20.6 Å².